The van der Waals surface area contributed by atoms with Gasteiger partial charge in [-0.3, -0.25) is 0 Å². The molecule has 3 nitrogen and oxygen atoms in total. The van der Waals surface area contributed by atoms with Gasteiger partial charge in [-0.1, -0.05) is 38.3 Å². The highest BCUT2D eigenvalue weighted by atomic mass is 16.5. The van der Waals surface area contributed by atoms with Crippen LogP contribution < -0.4 is 4.74 Å². The van der Waals surface area contributed by atoms with Gasteiger partial charge in [0.05, 0.1) is 12.2 Å². The Labute approximate surface area is 135 Å². The molecule has 0 heterocycles. The van der Waals surface area contributed by atoms with E-state index in [1.165, 1.54) is 30.4 Å². The van der Waals surface area contributed by atoms with Crippen molar-refractivity contribution in [1.82, 2.24) is 4.90 Å². The van der Waals surface area contributed by atoms with Gasteiger partial charge in [-0.05, 0) is 24.1 Å². The average Bonchev–Trinajstić information content (AvgIpc) is 2.46. The largest absolute Gasteiger partial charge is 0.494 e. The van der Waals surface area contributed by atoms with E-state index in [-0.39, 0.29) is 0 Å². The number of unbranched alkanes of at least 4 members (excludes halogenated alkanes) is 3. The second kappa shape index (κ2) is 10.0. The molecule has 1 rings (SSSR count). The Kier molecular flexibility index (Phi) is 8.34. The van der Waals surface area contributed by atoms with Gasteiger partial charge >= 0.3 is 0 Å². The molecule has 0 saturated carbocycles. The van der Waals surface area contributed by atoms with Gasteiger partial charge in [0.25, 0.3) is 0 Å². The zero-order valence-corrected chi connectivity index (χ0v) is 14.8. The zero-order chi connectivity index (χ0) is 16.4. The lowest BCUT2D eigenvalue weighted by atomic mass is 10.1. The molecule has 1 aromatic rings. The molecule has 0 aliphatic carbocycles. The lowest BCUT2D eigenvalue weighted by Gasteiger charge is -2.09. The molecule has 3 heteroatoms. The summed E-state index contributed by atoms with van der Waals surface area (Å²) in [6.45, 7) is 3.03. The van der Waals surface area contributed by atoms with Gasteiger partial charge in [-0.2, -0.15) is 0 Å². The SMILES string of the molecule is CCCCCCOc1ccc(/C(C=[N+](C)C)=C\N(C)C)cc1. The molecule has 0 bridgehead atoms. The van der Waals surface area contributed by atoms with Crippen LogP contribution in [0.2, 0.25) is 0 Å². The fourth-order valence-electron chi connectivity index (χ4n) is 2.20. The summed E-state index contributed by atoms with van der Waals surface area (Å²) < 4.78 is 7.86. The molecule has 0 aliphatic rings. The van der Waals surface area contributed by atoms with Gasteiger partial charge in [-0.15, -0.1) is 0 Å². The molecule has 122 valence electrons. The average molecular weight is 303 g/mol. The minimum atomic E-state index is 0.809. The Balaban J connectivity index is 2.67. The smallest absolute Gasteiger partial charge is 0.172 e. The van der Waals surface area contributed by atoms with Crippen LogP contribution >= 0.6 is 0 Å². The van der Waals surface area contributed by atoms with Crippen molar-refractivity contribution >= 4 is 11.8 Å². The van der Waals surface area contributed by atoms with Crippen LogP contribution in [-0.2, 0) is 0 Å². The second-order valence-corrected chi connectivity index (χ2v) is 6.07. The van der Waals surface area contributed by atoms with Crippen molar-refractivity contribution in [2.75, 3.05) is 34.8 Å². The normalized spacial score (nSPS) is 11.2. The maximum Gasteiger partial charge on any atom is 0.172 e. The molecule has 0 unspecified atom stereocenters. The van der Waals surface area contributed by atoms with Crippen molar-refractivity contribution in [3.63, 3.8) is 0 Å². The summed E-state index contributed by atoms with van der Waals surface area (Å²) in [7, 11) is 8.16. The Morgan fingerprint density at radius 1 is 1.09 bits per heavy atom. The van der Waals surface area contributed by atoms with Crippen LogP contribution in [0.3, 0.4) is 0 Å². The van der Waals surface area contributed by atoms with Crippen LogP contribution in [0.4, 0.5) is 0 Å². The first-order valence-electron chi connectivity index (χ1n) is 8.15. The Morgan fingerprint density at radius 3 is 2.32 bits per heavy atom. The quantitative estimate of drug-likeness (QED) is 0.391. The lowest BCUT2D eigenvalue weighted by molar-refractivity contribution is -0.458. The van der Waals surface area contributed by atoms with E-state index in [0.717, 1.165) is 18.8 Å². The molecule has 0 saturated heterocycles. The Bertz CT molecular complexity index is 483. The van der Waals surface area contributed by atoms with Crippen molar-refractivity contribution in [3.05, 3.63) is 36.0 Å². The Morgan fingerprint density at radius 2 is 1.77 bits per heavy atom. The van der Waals surface area contributed by atoms with Gasteiger partial charge in [-0.25, -0.2) is 4.58 Å². The number of rotatable bonds is 9. The topological polar surface area (TPSA) is 15.5 Å². The molecule has 0 radical (unpaired) electrons. The first-order valence-corrected chi connectivity index (χ1v) is 8.15. The van der Waals surface area contributed by atoms with E-state index >= 15 is 0 Å². The first kappa shape index (κ1) is 18.3. The molecule has 0 atom stereocenters. The van der Waals surface area contributed by atoms with E-state index in [9.17, 15) is 0 Å². The summed E-state index contributed by atoms with van der Waals surface area (Å²) in [5.74, 6) is 0.953. The highest BCUT2D eigenvalue weighted by Crippen LogP contribution is 2.18. The highest BCUT2D eigenvalue weighted by molar-refractivity contribution is 6.07. The molecular formula is C19H31N2O+. The third-order valence-electron chi connectivity index (χ3n) is 3.25. The highest BCUT2D eigenvalue weighted by Gasteiger charge is 2.04. The maximum atomic E-state index is 5.80. The number of ether oxygens (including phenoxy) is 1. The van der Waals surface area contributed by atoms with Gasteiger partial charge in [0.1, 0.15) is 19.8 Å². The number of hydrogen-bond donors (Lipinski definition) is 0. The van der Waals surface area contributed by atoms with Gasteiger partial charge in [0.2, 0.25) is 0 Å². The van der Waals surface area contributed by atoms with Crippen LogP contribution in [0.1, 0.15) is 38.2 Å². The maximum absolute atomic E-state index is 5.80. The molecule has 0 aromatic heterocycles. The van der Waals surface area contributed by atoms with Crippen LogP contribution in [-0.4, -0.2) is 50.5 Å². The molecular weight excluding hydrogens is 272 g/mol. The standard InChI is InChI=1S/C19H31N2O/c1-6-7-8-9-14-22-19-12-10-17(11-13-19)18(15-20(2)3)16-21(4)5/h10-13,15-16H,6-9,14H2,1-5H3/q+1. The minimum Gasteiger partial charge on any atom is -0.494 e. The third kappa shape index (κ3) is 7.30. The summed E-state index contributed by atoms with van der Waals surface area (Å²) in [6, 6.07) is 8.36. The fraction of sp³-hybridized carbons (Fsp3) is 0.526. The zero-order valence-electron chi connectivity index (χ0n) is 14.8. The summed E-state index contributed by atoms with van der Waals surface area (Å²) in [6.07, 6.45) is 9.19. The van der Waals surface area contributed by atoms with Crippen molar-refractivity contribution in [2.45, 2.75) is 32.6 Å². The lowest BCUT2D eigenvalue weighted by Crippen LogP contribution is -2.07. The van der Waals surface area contributed by atoms with Crippen LogP contribution in [0, 0.1) is 0 Å². The number of nitrogens with zero attached hydrogens (tertiary/aromatic N) is 2. The molecule has 1 aromatic carbocycles. The summed E-state index contributed by atoms with van der Waals surface area (Å²) in [5, 5.41) is 0. The monoisotopic (exact) mass is 303 g/mol. The predicted molar refractivity (Wildman–Crippen MR) is 95.9 cm³/mol. The number of benzene rings is 1. The fourth-order valence-corrected chi connectivity index (χ4v) is 2.20. The summed E-state index contributed by atoms with van der Waals surface area (Å²) >= 11 is 0. The first-order chi connectivity index (χ1) is 10.5. The predicted octanol–water partition coefficient (Wildman–Crippen LogP) is 3.89. The number of allylic oxidation sites excluding steroid dienone is 1. The van der Waals surface area contributed by atoms with Gasteiger partial charge in [0.15, 0.2) is 6.21 Å². The molecule has 0 N–H and O–H groups in total. The van der Waals surface area contributed by atoms with E-state index in [4.69, 9.17) is 4.74 Å². The van der Waals surface area contributed by atoms with Crippen molar-refractivity contribution in [3.8, 4) is 5.75 Å². The van der Waals surface area contributed by atoms with E-state index in [1.54, 1.807) is 0 Å². The molecule has 0 aliphatic heterocycles. The Hall–Kier alpha value is -1.77. The molecule has 0 fully saturated rings. The van der Waals surface area contributed by atoms with Crippen LogP contribution in [0.15, 0.2) is 30.5 Å². The summed E-state index contributed by atoms with van der Waals surface area (Å²) in [4.78, 5) is 2.06. The van der Waals surface area contributed by atoms with Gasteiger partial charge < -0.3 is 9.64 Å². The third-order valence-corrected chi connectivity index (χ3v) is 3.25. The van der Waals surface area contributed by atoms with Crippen molar-refractivity contribution in [1.29, 1.82) is 0 Å². The summed E-state index contributed by atoms with van der Waals surface area (Å²) in [5.41, 5.74) is 2.38. The van der Waals surface area contributed by atoms with Crippen LogP contribution in [0.25, 0.3) is 5.57 Å². The van der Waals surface area contributed by atoms with Crippen LogP contribution in [0.5, 0.6) is 5.75 Å². The van der Waals surface area contributed by atoms with E-state index in [2.05, 4.69) is 53.1 Å². The van der Waals surface area contributed by atoms with Gasteiger partial charge in [0, 0.05) is 20.3 Å². The van der Waals surface area contributed by atoms with E-state index < -0.39 is 0 Å². The molecule has 22 heavy (non-hydrogen) atoms. The number of hydrogen-bond acceptors (Lipinski definition) is 2. The molecule has 0 spiro atoms. The molecule has 0 amide bonds. The van der Waals surface area contributed by atoms with Crippen molar-refractivity contribution < 1.29 is 9.31 Å². The van der Waals surface area contributed by atoms with Crippen molar-refractivity contribution in [2.24, 2.45) is 0 Å². The van der Waals surface area contributed by atoms with E-state index in [1.807, 2.05) is 28.2 Å². The minimum absolute atomic E-state index is 0.809. The van der Waals surface area contributed by atoms with E-state index in [0.29, 0.717) is 0 Å². The second-order valence-electron chi connectivity index (χ2n) is 6.07.